The molecule has 0 saturated heterocycles. The third-order valence-corrected chi connectivity index (χ3v) is 3.18. The second kappa shape index (κ2) is 7.27. The summed E-state index contributed by atoms with van der Waals surface area (Å²) in [5.74, 6) is -0.207. The fourth-order valence-corrected chi connectivity index (χ4v) is 2.04. The average Bonchev–Trinajstić information content (AvgIpc) is 2.40. The van der Waals surface area contributed by atoms with E-state index in [2.05, 4.69) is 19.1 Å². The molecule has 1 atom stereocenters. The smallest absolute Gasteiger partial charge is 0.123 e. The van der Waals surface area contributed by atoms with E-state index in [9.17, 15) is 4.39 Å². The van der Waals surface area contributed by atoms with E-state index in [-0.39, 0.29) is 24.3 Å². The second-order valence-corrected chi connectivity index (χ2v) is 4.54. The summed E-state index contributed by atoms with van der Waals surface area (Å²) in [6.45, 7) is 2.09. The Kier molecular flexibility index (Phi) is 6.00. The lowest BCUT2D eigenvalue weighted by Gasteiger charge is -2.13. The zero-order chi connectivity index (χ0) is 13.0. The van der Waals surface area contributed by atoms with Gasteiger partial charge in [0.1, 0.15) is 5.82 Å². The van der Waals surface area contributed by atoms with Gasteiger partial charge in [-0.1, -0.05) is 43.3 Å². The SMILES string of the molecule is CCC(N)Cc1ccccc1-c1ccc(F)cc1.Cl. The summed E-state index contributed by atoms with van der Waals surface area (Å²) >= 11 is 0. The van der Waals surface area contributed by atoms with Crippen LogP contribution >= 0.6 is 12.4 Å². The highest BCUT2D eigenvalue weighted by Gasteiger charge is 2.08. The molecule has 0 fully saturated rings. The molecule has 2 aromatic rings. The topological polar surface area (TPSA) is 26.0 Å². The molecule has 3 heteroatoms. The quantitative estimate of drug-likeness (QED) is 0.892. The second-order valence-electron chi connectivity index (χ2n) is 4.54. The Bertz CT molecular complexity index is 510. The van der Waals surface area contributed by atoms with Gasteiger partial charge in [-0.2, -0.15) is 0 Å². The number of nitrogens with two attached hydrogens (primary N) is 1. The summed E-state index contributed by atoms with van der Waals surface area (Å²) in [5.41, 5.74) is 9.41. The van der Waals surface area contributed by atoms with Gasteiger partial charge in [0.25, 0.3) is 0 Å². The first-order valence-corrected chi connectivity index (χ1v) is 6.30. The van der Waals surface area contributed by atoms with Gasteiger partial charge in [-0.05, 0) is 41.7 Å². The first kappa shape index (κ1) is 15.7. The molecule has 0 amide bonds. The maximum absolute atomic E-state index is 12.9. The van der Waals surface area contributed by atoms with Crippen LogP contribution in [0.5, 0.6) is 0 Å². The van der Waals surface area contributed by atoms with Crippen molar-refractivity contribution in [1.29, 1.82) is 0 Å². The summed E-state index contributed by atoms with van der Waals surface area (Å²) in [6.07, 6.45) is 1.81. The minimum Gasteiger partial charge on any atom is -0.327 e. The Morgan fingerprint density at radius 3 is 2.32 bits per heavy atom. The first-order chi connectivity index (χ1) is 8.70. The van der Waals surface area contributed by atoms with E-state index in [0.29, 0.717) is 0 Å². The van der Waals surface area contributed by atoms with Crippen LogP contribution in [0.25, 0.3) is 11.1 Å². The van der Waals surface area contributed by atoms with Gasteiger partial charge in [0, 0.05) is 6.04 Å². The van der Waals surface area contributed by atoms with Crippen LogP contribution in [-0.4, -0.2) is 6.04 Å². The molecule has 102 valence electrons. The summed E-state index contributed by atoms with van der Waals surface area (Å²) in [6, 6.07) is 14.9. The lowest BCUT2D eigenvalue weighted by atomic mass is 9.95. The molecule has 19 heavy (non-hydrogen) atoms. The molecule has 0 aliphatic carbocycles. The van der Waals surface area contributed by atoms with Crippen LogP contribution in [0.4, 0.5) is 4.39 Å². The van der Waals surface area contributed by atoms with Crippen LogP contribution in [0, 0.1) is 5.82 Å². The molecule has 0 heterocycles. The monoisotopic (exact) mass is 279 g/mol. The molecule has 0 bridgehead atoms. The number of halogens is 2. The fraction of sp³-hybridized carbons (Fsp3) is 0.250. The maximum atomic E-state index is 12.9. The minimum absolute atomic E-state index is 0. The molecule has 1 unspecified atom stereocenters. The Hall–Kier alpha value is -1.38. The Balaban J connectivity index is 0.00000180. The summed E-state index contributed by atoms with van der Waals surface area (Å²) in [7, 11) is 0. The van der Waals surface area contributed by atoms with Crippen molar-refractivity contribution in [3.05, 3.63) is 59.9 Å². The summed E-state index contributed by atoms with van der Waals surface area (Å²) < 4.78 is 12.9. The molecule has 0 spiro atoms. The minimum atomic E-state index is -0.207. The number of benzene rings is 2. The number of hydrogen-bond acceptors (Lipinski definition) is 1. The van der Waals surface area contributed by atoms with E-state index in [1.807, 2.05) is 24.3 Å². The van der Waals surface area contributed by atoms with Gasteiger partial charge in [-0.3, -0.25) is 0 Å². The third-order valence-electron chi connectivity index (χ3n) is 3.18. The van der Waals surface area contributed by atoms with Crippen molar-refractivity contribution in [2.45, 2.75) is 25.8 Å². The van der Waals surface area contributed by atoms with Crippen molar-refractivity contribution in [2.24, 2.45) is 5.73 Å². The van der Waals surface area contributed by atoms with E-state index in [4.69, 9.17) is 5.73 Å². The normalized spacial score (nSPS) is 11.7. The molecule has 0 aromatic heterocycles. The molecular weight excluding hydrogens is 261 g/mol. The van der Waals surface area contributed by atoms with Crippen molar-refractivity contribution in [3.8, 4) is 11.1 Å². The van der Waals surface area contributed by atoms with Crippen LogP contribution in [0.1, 0.15) is 18.9 Å². The van der Waals surface area contributed by atoms with Crippen LogP contribution in [0.3, 0.4) is 0 Å². The van der Waals surface area contributed by atoms with Crippen molar-refractivity contribution < 1.29 is 4.39 Å². The molecule has 2 N–H and O–H groups in total. The van der Waals surface area contributed by atoms with Crippen molar-refractivity contribution in [1.82, 2.24) is 0 Å². The average molecular weight is 280 g/mol. The highest BCUT2D eigenvalue weighted by molar-refractivity contribution is 5.85. The highest BCUT2D eigenvalue weighted by Crippen LogP contribution is 2.25. The predicted octanol–water partition coefficient (Wildman–Crippen LogP) is 4.19. The molecule has 2 rings (SSSR count). The third kappa shape index (κ3) is 4.05. The molecule has 1 nitrogen and oxygen atoms in total. The molecule has 0 aliphatic rings. The van der Waals surface area contributed by atoms with Gasteiger partial charge in [0.2, 0.25) is 0 Å². The van der Waals surface area contributed by atoms with Crippen LogP contribution in [0.2, 0.25) is 0 Å². The molecule has 0 aliphatic heterocycles. The Labute approximate surface area is 120 Å². The summed E-state index contributed by atoms with van der Waals surface area (Å²) in [5, 5.41) is 0. The maximum Gasteiger partial charge on any atom is 0.123 e. The van der Waals surface area contributed by atoms with Crippen molar-refractivity contribution in [2.75, 3.05) is 0 Å². The lowest BCUT2D eigenvalue weighted by molar-refractivity contribution is 0.628. The number of hydrogen-bond donors (Lipinski definition) is 1. The first-order valence-electron chi connectivity index (χ1n) is 6.30. The molecule has 0 radical (unpaired) electrons. The fourth-order valence-electron chi connectivity index (χ4n) is 2.04. The largest absolute Gasteiger partial charge is 0.327 e. The van der Waals surface area contributed by atoms with Gasteiger partial charge in [0.15, 0.2) is 0 Å². The summed E-state index contributed by atoms with van der Waals surface area (Å²) in [4.78, 5) is 0. The van der Waals surface area contributed by atoms with Crippen LogP contribution in [-0.2, 0) is 6.42 Å². The number of rotatable bonds is 4. The van der Waals surface area contributed by atoms with Gasteiger partial charge in [-0.15, -0.1) is 12.4 Å². The van der Waals surface area contributed by atoms with E-state index in [1.54, 1.807) is 0 Å². The van der Waals surface area contributed by atoms with Gasteiger partial charge >= 0.3 is 0 Å². The van der Waals surface area contributed by atoms with Crippen molar-refractivity contribution in [3.63, 3.8) is 0 Å². The predicted molar refractivity (Wildman–Crippen MR) is 81.1 cm³/mol. The van der Waals surface area contributed by atoms with E-state index < -0.39 is 0 Å². The van der Waals surface area contributed by atoms with Gasteiger partial charge in [-0.25, -0.2) is 4.39 Å². The van der Waals surface area contributed by atoms with Gasteiger partial charge < -0.3 is 5.73 Å². The standard InChI is InChI=1S/C16H18FN.ClH/c1-2-15(18)11-13-5-3-4-6-16(13)12-7-9-14(17)10-8-12;/h3-10,15H,2,11,18H2,1H3;1H. The molecular formula is C16H19ClFN. The van der Waals surface area contributed by atoms with Crippen LogP contribution < -0.4 is 5.73 Å². The van der Waals surface area contributed by atoms with E-state index in [0.717, 1.165) is 24.0 Å². The van der Waals surface area contributed by atoms with E-state index in [1.165, 1.54) is 17.7 Å². The van der Waals surface area contributed by atoms with Crippen LogP contribution in [0.15, 0.2) is 48.5 Å². The Morgan fingerprint density at radius 1 is 1.05 bits per heavy atom. The lowest BCUT2D eigenvalue weighted by Crippen LogP contribution is -2.21. The zero-order valence-electron chi connectivity index (χ0n) is 11.0. The van der Waals surface area contributed by atoms with Gasteiger partial charge in [0.05, 0.1) is 0 Å². The molecule has 2 aromatic carbocycles. The molecule has 0 saturated carbocycles. The zero-order valence-corrected chi connectivity index (χ0v) is 11.8. The Morgan fingerprint density at radius 2 is 1.68 bits per heavy atom. The van der Waals surface area contributed by atoms with E-state index >= 15 is 0 Å². The highest BCUT2D eigenvalue weighted by atomic mass is 35.5. The van der Waals surface area contributed by atoms with Crippen molar-refractivity contribution >= 4 is 12.4 Å².